The molecular weight excluding hydrogens is 390 g/mol. The first-order valence-corrected chi connectivity index (χ1v) is 10.8. The van der Waals surface area contributed by atoms with Crippen LogP contribution in [0.4, 0.5) is 5.13 Å². The molecule has 1 N–H and O–H groups in total. The van der Waals surface area contributed by atoms with E-state index in [1.54, 1.807) is 18.7 Å². The van der Waals surface area contributed by atoms with Crippen LogP contribution in [0.5, 0.6) is 5.75 Å². The second-order valence-electron chi connectivity index (χ2n) is 6.59. The van der Waals surface area contributed by atoms with E-state index in [0.29, 0.717) is 10.9 Å². The second kappa shape index (κ2) is 9.21. The van der Waals surface area contributed by atoms with Crippen LogP contribution in [0.1, 0.15) is 29.2 Å². The normalized spacial score (nSPS) is 11.9. The van der Waals surface area contributed by atoms with Gasteiger partial charge in [-0.25, -0.2) is 0 Å². The zero-order chi connectivity index (χ0) is 20.1. The molecule has 5 nitrogen and oxygen atoms in total. The first kappa shape index (κ1) is 20.4. The van der Waals surface area contributed by atoms with Crippen molar-refractivity contribution in [1.82, 2.24) is 10.2 Å². The smallest absolute Gasteiger partial charge is 0.266 e. The Kier molecular flexibility index (Phi) is 6.70. The van der Waals surface area contributed by atoms with Crippen LogP contribution >= 0.6 is 23.1 Å². The number of hydrogen-bond acceptors (Lipinski definition) is 6. The van der Waals surface area contributed by atoms with Crippen LogP contribution in [-0.2, 0) is 10.5 Å². The van der Waals surface area contributed by atoms with Crippen LogP contribution in [0, 0.1) is 20.8 Å². The summed E-state index contributed by atoms with van der Waals surface area (Å²) in [7, 11) is 0. The van der Waals surface area contributed by atoms with E-state index in [9.17, 15) is 4.79 Å². The molecule has 1 atom stereocenters. The Balaban J connectivity index is 1.54. The third kappa shape index (κ3) is 5.33. The number of ether oxygens (including phenoxy) is 1. The van der Waals surface area contributed by atoms with Gasteiger partial charge in [-0.2, -0.15) is 0 Å². The van der Waals surface area contributed by atoms with Crippen LogP contribution in [0.15, 0.2) is 46.8 Å². The van der Waals surface area contributed by atoms with E-state index in [0.717, 1.165) is 21.2 Å². The Morgan fingerprint density at radius 3 is 2.64 bits per heavy atom. The Bertz CT molecular complexity index is 955. The highest BCUT2D eigenvalue weighted by Gasteiger charge is 2.18. The van der Waals surface area contributed by atoms with Gasteiger partial charge in [0.1, 0.15) is 5.75 Å². The third-order valence-corrected chi connectivity index (χ3v) is 6.39. The summed E-state index contributed by atoms with van der Waals surface area (Å²) in [6.45, 7) is 7.80. The van der Waals surface area contributed by atoms with E-state index in [1.807, 2.05) is 32.0 Å². The maximum atomic E-state index is 12.4. The number of nitrogens with zero attached hydrogens (tertiary/aromatic N) is 2. The zero-order valence-electron chi connectivity index (χ0n) is 16.4. The summed E-state index contributed by atoms with van der Waals surface area (Å²) in [5.74, 6) is 1.29. The van der Waals surface area contributed by atoms with Gasteiger partial charge in [0.15, 0.2) is 10.4 Å². The van der Waals surface area contributed by atoms with Gasteiger partial charge in [0.25, 0.3) is 5.91 Å². The maximum Gasteiger partial charge on any atom is 0.266 e. The fourth-order valence-electron chi connectivity index (χ4n) is 2.45. The molecule has 2 aromatic carbocycles. The van der Waals surface area contributed by atoms with Gasteiger partial charge < -0.3 is 4.74 Å². The lowest BCUT2D eigenvalue weighted by atomic mass is 10.1. The minimum Gasteiger partial charge on any atom is -0.481 e. The summed E-state index contributed by atoms with van der Waals surface area (Å²) in [5, 5.41) is 11.5. The number of aryl methyl sites for hydroxylation is 2. The number of thioether (sulfide) groups is 1. The first-order valence-electron chi connectivity index (χ1n) is 8.98. The van der Waals surface area contributed by atoms with Crippen LogP contribution in [0.25, 0.3) is 0 Å². The average molecular weight is 414 g/mol. The quantitative estimate of drug-likeness (QED) is 0.428. The van der Waals surface area contributed by atoms with Gasteiger partial charge in [-0.3, -0.25) is 10.1 Å². The molecule has 1 unspecified atom stereocenters. The number of carbonyl (C=O) groups is 1. The number of rotatable bonds is 7. The topological polar surface area (TPSA) is 64.1 Å². The van der Waals surface area contributed by atoms with Gasteiger partial charge in [-0.15, -0.1) is 10.2 Å². The van der Waals surface area contributed by atoms with Gasteiger partial charge in [0.2, 0.25) is 5.13 Å². The van der Waals surface area contributed by atoms with Crippen LogP contribution < -0.4 is 10.1 Å². The molecule has 146 valence electrons. The summed E-state index contributed by atoms with van der Waals surface area (Å²) in [4.78, 5) is 12.4. The SMILES string of the molecule is Cc1ccc(CSc2nnc(NC(=O)C(C)Oc3cccc(C)c3C)s2)cc1. The van der Waals surface area contributed by atoms with E-state index in [2.05, 4.69) is 46.7 Å². The van der Waals surface area contributed by atoms with Crippen LogP contribution in [-0.4, -0.2) is 22.2 Å². The fourth-order valence-corrected chi connectivity index (χ4v) is 4.16. The molecule has 0 bridgehead atoms. The minimum atomic E-state index is -0.631. The molecule has 7 heteroatoms. The number of benzene rings is 2. The van der Waals surface area contributed by atoms with Crippen molar-refractivity contribution in [1.29, 1.82) is 0 Å². The fraction of sp³-hybridized carbons (Fsp3) is 0.286. The molecule has 1 heterocycles. The maximum absolute atomic E-state index is 12.4. The van der Waals surface area contributed by atoms with Crippen LogP contribution in [0.2, 0.25) is 0 Å². The second-order valence-corrected chi connectivity index (χ2v) is 8.79. The summed E-state index contributed by atoms with van der Waals surface area (Å²) < 4.78 is 6.64. The standard InChI is InChI=1S/C21H23N3O2S2/c1-13-8-10-17(11-9-13)12-27-21-24-23-20(28-21)22-19(25)16(4)26-18-7-5-6-14(2)15(18)3/h5-11,16H,12H2,1-4H3,(H,22,23,25). The zero-order valence-corrected chi connectivity index (χ0v) is 18.0. The summed E-state index contributed by atoms with van der Waals surface area (Å²) in [5.41, 5.74) is 4.64. The molecule has 1 aromatic heterocycles. The lowest BCUT2D eigenvalue weighted by Gasteiger charge is -2.16. The average Bonchev–Trinajstić information content (AvgIpc) is 3.12. The number of aromatic nitrogens is 2. The van der Waals surface area contributed by atoms with Crippen molar-refractivity contribution in [2.45, 2.75) is 43.9 Å². The lowest BCUT2D eigenvalue weighted by molar-refractivity contribution is -0.122. The Hall–Kier alpha value is -2.38. The van der Waals surface area contributed by atoms with E-state index < -0.39 is 6.10 Å². The van der Waals surface area contributed by atoms with Gasteiger partial charge >= 0.3 is 0 Å². The summed E-state index contributed by atoms with van der Waals surface area (Å²) in [6.07, 6.45) is -0.631. The molecular formula is C21H23N3O2S2. The molecule has 1 amide bonds. The number of hydrogen-bond donors (Lipinski definition) is 1. The van der Waals surface area contributed by atoms with E-state index >= 15 is 0 Å². The van der Waals surface area contributed by atoms with Gasteiger partial charge in [-0.05, 0) is 50.5 Å². The predicted molar refractivity (Wildman–Crippen MR) is 115 cm³/mol. The van der Waals surface area contributed by atoms with Crippen molar-refractivity contribution in [3.63, 3.8) is 0 Å². The number of amides is 1. The molecule has 0 aliphatic carbocycles. The molecule has 0 aliphatic rings. The van der Waals surface area contributed by atoms with Crippen LogP contribution in [0.3, 0.4) is 0 Å². The molecule has 0 saturated heterocycles. The largest absolute Gasteiger partial charge is 0.481 e. The highest BCUT2D eigenvalue weighted by atomic mass is 32.2. The third-order valence-electron chi connectivity index (χ3n) is 4.35. The van der Waals surface area contributed by atoms with Crippen molar-refractivity contribution in [2.24, 2.45) is 0 Å². The van der Waals surface area contributed by atoms with Crippen molar-refractivity contribution in [3.8, 4) is 5.75 Å². The minimum absolute atomic E-state index is 0.243. The van der Waals surface area contributed by atoms with Crippen molar-refractivity contribution in [3.05, 3.63) is 64.7 Å². The van der Waals surface area contributed by atoms with Gasteiger partial charge in [0, 0.05) is 5.75 Å². The monoisotopic (exact) mass is 413 g/mol. The van der Waals surface area contributed by atoms with Crippen molar-refractivity contribution in [2.75, 3.05) is 5.32 Å². The Labute approximate surface area is 173 Å². The molecule has 0 saturated carbocycles. The van der Waals surface area contributed by atoms with Crippen molar-refractivity contribution >= 4 is 34.1 Å². The van der Waals surface area contributed by atoms with E-state index in [-0.39, 0.29) is 5.91 Å². The highest BCUT2D eigenvalue weighted by Crippen LogP contribution is 2.28. The molecule has 3 rings (SSSR count). The molecule has 3 aromatic rings. The molecule has 0 fully saturated rings. The number of carbonyl (C=O) groups excluding carboxylic acids is 1. The number of nitrogens with one attached hydrogen (secondary N) is 1. The molecule has 0 radical (unpaired) electrons. The molecule has 0 aliphatic heterocycles. The summed E-state index contributed by atoms with van der Waals surface area (Å²) >= 11 is 2.97. The molecule has 28 heavy (non-hydrogen) atoms. The van der Waals surface area contributed by atoms with Gasteiger partial charge in [0.05, 0.1) is 0 Å². The van der Waals surface area contributed by atoms with Crippen molar-refractivity contribution < 1.29 is 9.53 Å². The predicted octanol–water partition coefficient (Wildman–Crippen LogP) is 5.16. The Morgan fingerprint density at radius 1 is 1.14 bits per heavy atom. The highest BCUT2D eigenvalue weighted by molar-refractivity contribution is 8.00. The Morgan fingerprint density at radius 2 is 1.89 bits per heavy atom. The first-order chi connectivity index (χ1) is 13.4. The van der Waals surface area contributed by atoms with E-state index in [4.69, 9.17) is 4.74 Å². The summed E-state index contributed by atoms with van der Waals surface area (Å²) in [6, 6.07) is 14.2. The van der Waals surface area contributed by atoms with Gasteiger partial charge in [-0.1, -0.05) is 65.1 Å². The molecule has 0 spiro atoms. The van der Waals surface area contributed by atoms with E-state index in [1.165, 1.54) is 22.5 Å². The number of anilines is 1. The lowest BCUT2D eigenvalue weighted by Crippen LogP contribution is -2.30.